The summed E-state index contributed by atoms with van der Waals surface area (Å²) in [6, 6.07) is 78.9. The molecule has 2 aliphatic rings. The summed E-state index contributed by atoms with van der Waals surface area (Å²) in [4.78, 5) is 14.7. The van der Waals surface area contributed by atoms with Crippen LogP contribution in [0.4, 0.5) is 0 Å². The molecule has 8 aromatic carbocycles. The Balaban J connectivity index is 1.01. The van der Waals surface area contributed by atoms with Crippen molar-refractivity contribution >= 4 is 17.7 Å². The smallest absolute Gasteiger partial charge is 0.335 e. The van der Waals surface area contributed by atoms with Gasteiger partial charge in [-0.1, -0.05) is 250 Å². The zero-order chi connectivity index (χ0) is 57.8. The largest absolute Gasteiger partial charge is 0.461 e. The molecule has 84 heavy (non-hydrogen) atoms. The Kier molecular flexibility index (Phi) is 22.1. The molecule has 13 heteroatoms. The highest BCUT2D eigenvalue weighted by molar-refractivity contribution is 7.99. The standard InChI is InChI=1S/C71H74O12S/c1-3-84-70-67(78-48-56-36-20-8-21-37-56)65(76-46-54-32-16-6-17-33-54)63(61(81-70)49-74-44-52-28-12-4-13-29-52)82-69-66(77-47-55-34-18-7-19-35-55)64(75-45-53-30-14-5-15-31-53)62(72)60(80-69)50-79-68(73)51(2)83-71(57-38-22-9-23-39-57,58-40-24-10-25-41-58)59-42-26-11-27-43-59/h4-43,51,60-67,69-70,72H,3,44-50H2,1-2H3/t51?,60-,61-,62-,63-,64+,65+,66-,67-,69+,70+/m1/s1. The topological polar surface area (TPSA) is 130 Å². The Hall–Kier alpha value is -6.82. The number of benzene rings is 8. The average Bonchev–Trinajstić information content (AvgIpc) is 1.88. The lowest BCUT2D eigenvalue weighted by atomic mass is 9.80. The highest BCUT2D eigenvalue weighted by Gasteiger charge is 2.54. The summed E-state index contributed by atoms with van der Waals surface area (Å²) in [5.41, 5.74) is 5.40. The van der Waals surface area contributed by atoms with Crippen LogP contribution in [0.2, 0.25) is 0 Å². The molecule has 1 N–H and O–H groups in total. The maximum absolute atomic E-state index is 14.7. The highest BCUT2D eigenvalue weighted by Crippen LogP contribution is 2.42. The van der Waals surface area contributed by atoms with Gasteiger partial charge in [0.05, 0.1) is 39.6 Å². The van der Waals surface area contributed by atoms with Crippen LogP contribution in [-0.4, -0.2) is 96.7 Å². The molecule has 8 aromatic rings. The van der Waals surface area contributed by atoms with Gasteiger partial charge < -0.3 is 52.5 Å². The van der Waals surface area contributed by atoms with E-state index in [0.717, 1.165) is 50.3 Å². The SMILES string of the molecule is CCS[C@@H]1O[C@H](COCc2ccccc2)[C@@H](O[C@@H]2O[C@H](COC(=O)C(C)OC(c3ccccc3)(c3ccccc3)c3ccccc3)[C@@H](O)[C@H](OCc3ccccc3)[C@H]2OCc2ccccc2)[C@H](OCc2ccccc2)[C@H]1OCc1ccccc1. The number of aliphatic hydroxyl groups is 1. The number of hydrogen-bond acceptors (Lipinski definition) is 13. The van der Waals surface area contributed by atoms with Crippen LogP contribution in [-0.2, 0) is 90.8 Å². The van der Waals surface area contributed by atoms with E-state index in [1.807, 2.05) is 243 Å². The van der Waals surface area contributed by atoms with E-state index in [0.29, 0.717) is 6.61 Å². The first-order valence-electron chi connectivity index (χ1n) is 28.9. The van der Waals surface area contributed by atoms with Crippen molar-refractivity contribution in [1.29, 1.82) is 0 Å². The summed E-state index contributed by atoms with van der Waals surface area (Å²) in [7, 11) is 0. The molecule has 0 aliphatic carbocycles. The van der Waals surface area contributed by atoms with Gasteiger partial charge in [-0.05, 0) is 57.2 Å². The van der Waals surface area contributed by atoms with Crippen molar-refractivity contribution in [2.45, 2.75) is 119 Å². The summed E-state index contributed by atoms with van der Waals surface area (Å²) in [6.45, 7) is 4.48. The van der Waals surface area contributed by atoms with E-state index < -0.39 is 84.8 Å². The molecule has 2 heterocycles. The molecule has 0 aromatic heterocycles. The van der Waals surface area contributed by atoms with E-state index in [4.69, 9.17) is 47.4 Å². The molecule has 1 unspecified atom stereocenters. The number of esters is 1. The third-order valence-corrected chi connectivity index (χ3v) is 16.0. The van der Waals surface area contributed by atoms with E-state index in [9.17, 15) is 9.90 Å². The summed E-state index contributed by atoms with van der Waals surface area (Å²) >= 11 is 1.62. The van der Waals surface area contributed by atoms with Crippen LogP contribution >= 0.6 is 11.8 Å². The lowest BCUT2D eigenvalue weighted by Crippen LogP contribution is -2.65. The lowest BCUT2D eigenvalue weighted by molar-refractivity contribution is -0.355. The number of carbonyl (C=O) groups is 1. The van der Waals surface area contributed by atoms with Crippen LogP contribution in [0.25, 0.3) is 0 Å². The molecule has 11 atom stereocenters. The number of ether oxygens (including phenoxy) is 10. The van der Waals surface area contributed by atoms with Crippen molar-refractivity contribution in [2.24, 2.45) is 0 Å². The highest BCUT2D eigenvalue weighted by atomic mass is 32.2. The van der Waals surface area contributed by atoms with Crippen LogP contribution < -0.4 is 0 Å². The summed E-state index contributed by atoms with van der Waals surface area (Å²) in [5, 5.41) is 12.7. The van der Waals surface area contributed by atoms with Gasteiger partial charge in [0, 0.05) is 0 Å². The minimum atomic E-state index is -1.40. The van der Waals surface area contributed by atoms with Gasteiger partial charge in [-0.3, -0.25) is 0 Å². The molecule has 0 spiro atoms. The van der Waals surface area contributed by atoms with Gasteiger partial charge in [0.15, 0.2) is 12.4 Å². The third kappa shape index (κ3) is 15.7. The lowest BCUT2D eigenvalue weighted by Gasteiger charge is -2.49. The van der Waals surface area contributed by atoms with E-state index in [1.54, 1.807) is 18.7 Å². The van der Waals surface area contributed by atoms with Crippen molar-refractivity contribution in [2.75, 3.05) is 19.0 Å². The minimum Gasteiger partial charge on any atom is -0.461 e. The first-order chi connectivity index (χ1) is 41.4. The van der Waals surface area contributed by atoms with E-state index in [2.05, 4.69) is 6.92 Å². The van der Waals surface area contributed by atoms with Crippen LogP contribution in [0, 0.1) is 0 Å². The Bertz CT molecular complexity index is 3040. The van der Waals surface area contributed by atoms with Gasteiger partial charge in [-0.25, -0.2) is 4.79 Å². The number of thioether (sulfide) groups is 1. The maximum atomic E-state index is 14.7. The number of rotatable bonds is 28. The molecule has 2 fully saturated rings. The third-order valence-electron chi connectivity index (χ3n) is 15.0. The van der Waals surface area contributed by atoms with Crippen LogP contribution in [0.1, 0.15) is 58.4 Å². The van der Waals surface area contributed by atoms with E-state index in [-0.39, 0.29) is 33.0 Å². The fourth-order valence-electron chi connectivity index (χ4n) is 10.8. The zero-order valence-corrected chi connectivity index (χ0v) is 48.3. The molecular formula is C71H74O12S. The molecular weight excluding hydrogens is 1080 g/mol. The van der Waals surface area contributed by atoms with Crippen molar-refractivity contribution in [3.8, 4) is 0 Å². The van der Waals surface area contributed by atoms with Gasteiger partial charge in [0.1, 0.15) is 66.5 Å². The second-order valence-electron chi connectivity index (χ2n) is 20.8. The van der Waals surface area contributed by atoms with E-state index >= 15 is 0 Å². The van der Waals surface area contributed by atoms with Gasteiger partial charge in [-0.2, -0.15) is 0 Å². The molecule has 0 radical (unpaired) electrons. The van der Waals surface area contributed by atoms with Crippen molar-refractivity contribution in [3.05, 3.63) is 287 Å². The van der Waals surface area contributed by atoms with Crippen molar-refractivity contribution < 1.29 is 57.3 Å². The summed E-state index contributed by atoms with van der Waals surface area (Å²) < 4.78 is 69.3. The Morgan fingerprint density at radius 3 is 1.27 bits per heavy atom. The second-order valence-corrected chi connectivity index (χ2v) is 22.2. The van der Waals surface area contributed by atoms with E-state index in [1.165, 1.54) is 0 Å². The fourth-order valence-corrected chi connectivity index (χ4v) is 11.7. The van der Waals surface area contributed by atoms with Crippen molar-refractivity contribution in [1.82, 2.24) is 0 Å². The molecule has 10 rings (SSSR count). The monoisotopic (exact) mass is 1150 g/mol. The fraction of sp³-hybridized carbons (Fsp3) is 0.310. The van der Waals surface area contributed by atoms with Crippen LogP contribution in [0.5, 0.6) is 0 Å². The minimum absolute atomic E-state index is 0.102. The first-order valence-corrected chi connectivity index (χ1v) is 29.9. The first kappa shape index (κ1) is 60.3. The Labute approximate surface area is 497 Å². The summed E-state index contributed by atoms with van der Waals surface area (Å²) in [5.74, 6) is 0.0443. The molecule has 2 aliphatic heterocycles. The van der Waals surface area contributed by atoms with Gasteiger partial charge in [0.25, 0.3) is 0 Å². The zero-order valence-electron chi connectivity index (χ0n) is 47.4. The predicted octanol–water partition coefficient (Wildman–Crippen LogP) is 12.4. The Morgan fingerprint density at radius 2 is 0.845 bits per heavy atom. The molecule has 0 bridgehead atoms. The molecule has 436 valence electrons. The predicted molar refractivity (Wildman–Crippen MR) is 323 cm³/mol. The molecule has 2 saturated heterocycles. The molecule has 0 saturated carbocycles. The second kappa shape index (κ2) is 30.8. The maximum Gasteiger partial charge on any atom is 0.335 e. The average molecular weight is 1150 g/mol. The normalized spacial score (nSPS) is 22.9. The number of hydrogen-bond donors (Lipinski definition) is 1. The number of aliphatic hydroxyl groups excluding tert-OH is 1. The van der Waals surface area contributed by atoms with Crippen molar-refractivity contribution in [3.63, 3.8) is 0 Å². The van der Waals surface area contributed by atoms with Gasteiger partial charge >= 0.3 is 5.97 Å². The summed E-state index contributed by atoms with van der Waals surface area (Å²) in [6.07, 6.45) is -10.4. The number of carbonyl (C=O) groups excluding carboxylic acids is 1. The molecule has 12 nitrogen and oxygen atoms in total. The quantitative estimate of drug-likeness (QED) is 0.0369. The van der Waals surface area contributed by atoms with Gasteiger partial charge in [0.2, 0.25) is 0 Å². The van der Waals surface area contributed by atoms with Crippen LogP contribution in [0.3, 0.4) is 0 Å². The molecule has 0 amide bonds. The van der Waals surface area contributed by atoms with Gasteiger partial charge in [-0.15, -0.1) is 11.8 Å². The Morgan fingerprint density at radius 1 is 0.464 bits per heavy atom. The van der Waals surface area contributed by atoms with Crippen LogP contribution in [0.15, 0.2) is 243 Å².